The quantitative estimate of drug-likeness (QED) is 0.554. The van der Waals surface area contributed by atoms with Gasteiger partial charge < -0.3 is 16.2 Å². The van der Waals surface area contributed by atoms with Crippen molar-refractivity contribution in [3.63, 3.8) is 0 Å². The third-order valence-corrected chi connectivity index (χ3v) is 6.45. The van der Waals surface area contributed by atoms with E-state index in [4.69, 9.17) is 5.73 Å². The zero-order chi connectivity index (χ0) is 20.4. The molecule has 0 spiro atoms. The molecule has 4 N–H and O–H groups in total. The number of aromatic nitrogens is 1. The monoisotopic (exact) mass is 409 g/mol. The van der Waals surface area contributed by atoms with Crippen LogP contribution in [0.1, 0.15) is 51.8 Å². The number of rotatable bonds is 7. The first-order valence-electron chi connectivity index (χ1n) is 9.73. The number of amides is 1. The fraction of sp³-hybridized carbons (Fsp3) is 0.318. The Hall–Kier alpha value is -2.77. The summed E-state index contributed by atoms with van der Waals surface area (Å²) in [7, 11) is 0. The van der Waals surface area contributed by atoms with E-state index < -0.39 is 5.97 Å². The van der Waals surface area contributed by atoms with Crippen LogP contribution in [0.15, 0.2) is 41.9 Å². The third kappa shape index (κ3) is 4.16. The number of primary amides is 1. The van der Waals surface area contributed by atoms with Crippen molar-refractivity contribution < 1.29 is 14.7 Å². The SMILES string of the molecule is NC(=O)CCC(NC1CCc2ncsc2C1)c1c(C(=O)O)ccc2ccccc12. The molecule has 4 rings (SSSR count). The number of thiazole rings is 1. The van der Waals surface area contributed by atoms with E-state index in [1.165, 1.54) is 4.88 Å². The van der Waals surface area contributed by atoms with Gasteiger partial charge in [0.15, 0.2) is 0 Å². The van der Waals surface area contributed by atoms with Gasteiger partial charge in [-0.25, -0.2) is 9.78 Å². The summed E-state index contributed by atoms with van der Waals surface area (Å²) in [6.45, 7) is 0. The van der Waals surface area contributed by atoms with Gasteiger partial charge in [0.1, 0.15) is 0 Å². The Morgan fingerprint density at radius 3 is 2.90 bits per heavy atom. The van der Waals surface area contributed by atoms with Crippen molar-refractivity contribution in [2.24, 2.45) is 5.73 Å². The van der Waals surface area contributed by atoms with Crippen LogP contribution in [-0.2, 0) is 17.6 Å². The highest BCUT2D eigenvalue weighted by Gasteiger charge is 2.27. The summed E-state index contributed by atoms with van der Waals surface area (Å²) in [5.41, 5.74) is 9.46. The van der Waals surface area contributed by atoms with E-state index in [0.717, 1.165) is 41.3 Å². The molecule has 1 aliphatic carbocycles. The molecule has 2 atom stereocenters. The van der Waals surface area contributed by atoms with Gasteiger partial charge in [0.05, 0.1) is 16.8 Å². The number of carboxylic acids is 1. The van der Waals surface area contributed by atoms with Gasteiger partial charge in [-0.3, -0.25) is 4.79 Å². The van der Waals surface area contributed by atoms with Crippen LogP contribution in [0.25, 0.3) is 10.8 Å². The molecule has 0 aliphatic heterocycles. The lowest BCUT2D eigenvalue weighted by Crippen LogP contribution is -2.38. The van der Waals surface area contributed by atoms with Gasteiger partial charge in [0.25, 0.3) is 0 Å². The fourth-order valence-corrected chi connectivity index (χ4v) is 5.08. The standard InChI is InChI=1S/C22H23N3O3S/c23-20(26)10-9-18(25-14-6-8-17-19(11-14)29-12-24-17)21-15-4-2-1-3-13(15)5-7-16(21)22(27)28/h1-5,7,12,14,18,25H,6,8-11H2,(H2,23,26)(H,27,28). The lowest BCUT2D eigenvalue weighted by molar-refractivity contribution is -0.118. The number of aryl methyl sites for hydroxylation is 1. The molecule has 2 aromatic carbocycles. The van der Waals surface area contributed by atoms with E-state index in [1.54, 1.807) is 17.4 Å². The number of benzene rings is 2. The molecule has 150 valence electrons. The summed E-state index contributed by atoms with van der Waals surface area (Å²) in [5.74, 6) is -1.35. The summed E-state index contributed by atoms with van der Waals surface area (Å²) in [6, 6.07) is 11.2. The second-order valence-corrected chi connectivity index (χ2v) is 8.38. The van der Waals surface area contributed by atoms with E-state index in [-0.39, 0.29) is 30.0 Å². The summed E-state index contributed by atoms with van der Waals surface area (Å²) in [6.07, 6.45) is 3.34. The van der Waals surface area contributed by atoms with E-state index >= 15 is 0 Å². The number of nitrogens with two attached hydrogens (primary N) is 1. The maximum absolute atomic E-state index is 12.0. The number of hydrogen-bond donors (Lipinski definition) is 3. The Morgan fingerprint density at radius 1 is 1.28 bits per heavy atom. The van der Waals surface area contributed by atoms with Crippen LogP contribution in [0.2, 0.25) is 0 Å². The Kier molecular flexibility index (Phi) is 5.60. The fourth-order valence-electron chi connectivity index (χ4n) is 4.18. The molecule has 3 aromatic rings. The summed E-state index contributed by atoms with van der Waals surface area (Å²) in [4.78, 5) is 29.2. The normalized spacial score (nSPS) is 17.0. The van der Waals surface area contributed by atoms with E-state index in [9.17, 15) is 14.7 Å². The van der Waals surface area contributed by atoms with Crippen LogP contribution in [0.4, 0.5) is 0 Å². The number of hydrogen-bond acceptors (Lipinski definition) is 5. The van der Waals surface area contributed by atoms with Crippen LogP contribution >= 0.6 is 11.3 Å². The smallest absolute Gasteiger partial charge is 0.336 e. The Balaban J connectivity index is 1.72. The predicted molar refractivity (Wildman–Crippen MR) is 113 cm³/mol. The summed E-state index contributed by atoms with van der Waals surface area (Å²) in [5, 5.41) is 15.4. The summed E-state index contributed by atoms with van der Waals surface area (Å²) < 4.78 is 0. The van der Waals surface area contributed by atoms with Crippen molar-refractivity contribution in [3.05, 3.63) is 63.6 Å². The van der Waals surface area contributed by atoms with Gasteiger partial charge in [0.2, 0.25) is 5.91 Å². The highest BCUT2D eigenvalue weighted by atomic mass is 32.1. The van der Waals surface area contributed by atoms with E-state index in [1.807, 2.05) is 35.8 Å². The highest BCUT2D eigenvalue weighted by Crippen LogP contribution is 2.33. The molecule has 1 aromatic heterocycles. The molecular weight excluding hydrogens is 386 g/mol. The largest absolute Gasteiger partial charge is 0.478 e. The Labute approximate surface area is 172 Å². The van der Waals surface area contributed by atoms with Crippen molar-refractivity contribution >= 4 is 34.0 Å². The molecule has 1 amide bonds. The highest BCUT2D eigenvalue weighted by molar-refractivity contribution is 7.09. The molecule has 0 saturated carbocycles. The molecular formula is C22H23N3O3S. The van der Waals surface area contributed by atoms with E-state index in [2.05, 4.69) is 10.3 Å². The van der Waals surface area contributed by atoms with Crippen molar-refractivity contribution in [1.82, 2.24) is 10.3 Å². The minimum atomic E-state index is -0.968. The second-order valence-electron chi connectivity index (χ2n) is 7.44. The first-order valence-corrected chi connectivity index (χ1v) is 10.6. The maximum atomic E-state index is 12.0. The molecule has 2 unspecified atom stereocenters. The number of aromatic carboxylic acids is 1. The number of nitrogens with one attached hydrogen (secondary N) is 1. The molecule has 0 bridgehead atoms. The van der Waals surface area contributed by atoms with Crippen molar-refractivity contribution in [1.29, 1.82) is 0 Å². The zero-order valence-electron chi connectivity index (χ0n) is 15.9. The van der Waals surface area contributed by atoms with Crippen molar-refractivity contribution in [3.8, 4) is 0 Å². The molecule has 1 aliphatic rings. The van der Waals surface area contributed by atoms with Gasteiger partial charge >= 0.3 is 5.97 Å². The summed E-state index contributed by atoms with van der Waals surface area (Å²) >= 11 is 1.66. The zero-order valence-corrected chi connectivity index (χ0v) is 16.7. The molecule has 0 radical (unpaired) electrons. The van der Waals surface area contributed by atoms with Gasteiger partial charge in [0, 0.05) is 23.4 Å². The molecule has 0 saturated heterocycles. The number of nitrogens with zero attached hydrogens (tertiary/aromatic N) is 1. The number of carbonyl (C=O) groups excluding carboxylic acids is 1. The molecule has 0 fully saturated rings. The predicted octanol–water partition coefficient (Wildman–Crippen LogP) is 3.45. The average molecular weight is 410 g/mol. The second kappa shape index (κ2) is 8.31. The number of carboxylic acid groups (broad SMARTS) is 1. The molecule has 6 nitrogen and oxygen atoms in total. The van der Waals surface area contributed by atoms with Crippen LogP contribution in [0.5, 0.6) is 0 Å². The van der Waals surface area contributed by atoms with Crippen LogP contribution in [-0.4, -0.2) is 28.0 Å². The minimum Gasteiger partial charge on any atom is -0.478 e. The minimum absolute atomic E-state index is 0.193. The van der Waals surface area contributed by atoms with Gasteiger partial charge in [-0.2, -0.15) is 0 Å². The first-order chi connectivity index (χ1) is 14.0. The lowest BCUT2D eigenvalue weighted by Gasteiger charge is -2.30. The third-order valence-electron chi connectivity index (χ3n) is 5.55. The Bertz CT molecular complexity index is 1060. The number of carbonyl (C=O) groups is 2. The average Bonchev–Trinajstić information content (AvgIpc) is 3.18. The first kappa shape index (κ1) is 19.5. The lowest BCUT2D eigenvalue weighted by atomic mass is 9.89. The van der Waals surface area contributed by atoms with E-state index in [0.29, 0.717) is 6.42 Å². The maximum Gasteiger partial charge on any atom is 0.336 e. The van der Waals surface area contributed by atoms with Crippen molar-refractivity contribution in [2.75, 3.05) is 0 Å². The van der Waals surface area contributed by atoms with Gasteiger partial charge in [-0.15, -0.1) is 11.3 Å². The van der Waals surface area contributed by atoms with Gasteiger partial charge in [-0.1, -0.05) is 30.3 Å². The topological polar surface area (TPSA) is 105 Å². The molecule has 7 heteroatoms. The van der Waals surface area contributed by atoms with Crippen LogP contribution < -0.4 is 11.1 Å². The van der Waals surface area contributed by atoms with Crippen LogP contribution in [0, 0.1) is 0 Å². The van der Waals surface area contributed by atoms with Crippen LogP contribution in [0.3, 0.4) is 0 Å². The number of fused-ring (bicyclic) bond motifs is 2. The van der Waals surface area contributed by atoms with Gasteiger partial charge in [-0.05, 0) is 48.1 Å². The van der Waals surface area contributed by atoms with Crippen molar-refractivity contribution in [2.45, 2.75) is 44.2 Å². The molecule has 1 heterocycles. The Morgan fingerprint density at radius 2 is 2.10 bits per heavy atom. The molecule has 29 heavy (non-hydrogen) atoms.